The molecule has 102 valence electrons. The third-order valence-electron chi connectivity index (χ3n) is 2.43. The Labute approximate surface area is 106 Å². The van der Waals surface area contributed by atoms with Crippen LogP contribution in [0.15, 0.2) is 18.2 Å². The topological polar surface area (TPSA) is 47.3 Å². The van der Waals surface area contributed by atoms with Gasteiger partial charge < -0.3 is 4.74 Å². The van der Waals surface area contributed by atoms with Gasteiger partial charge in [0.2, 0.25) is 0 Å². The summed E-state index contributed by atoms with van der Waals surface area (Å²) in [4.78, 5) is 0. The van der Waals surface area contributed by atoms with Crippen molar-refractivity contribution in [3.8, 4) is 0 Å². The zero-order valence-electron chi connectivity index (χ0n) is 11.0. The van der Waals surface area contributed by atoms with E-state index in [4.69, 9.17) is 10.6 Å². The molecule has 5 heteroatoms. The van der Waals surface area contributed by atoms with Gasteiger partial charge in [0.1, 0.15) is 11.6 Å². The highest BCUT2D eigenvalue weighted by Gasteiger charge is 2.16. The summed E-state index contributed by atoms with van der Waals surface area (Å²) in [6, 6.07) is 3.12. The Morgan fingerprint density at radius 2 is 2.00 bits per heavy atom. The normalized spacial score (nSPS) is 13.7. The summed E-state index contributed by atoms with van der Waals surface area (Å²) in [5.74, 6) is 4.49. The molecule has 0 aliphatic rings. The van der Waals surface area contributed by atoms with Crippen molar-refractivity contribution in [2.24, 2.45) is 5.84 Å². The van der Waals surface area contributed by atoms with E-state index in [2.05, 4.69) is 5.43 Å². The number of nitrogens with one attached hydrogen (secondary N) is 1. The summed E-state index contributed by atoms with van der Waals surface area (Å²) >= 11 is 0. The molecule has 3 N–H and O–H groups in total. The van der Waals surface area contributed by atoms with Crippen molar-refractivity contribution in [1.29, 1.82) is 0 Å². The van der Waals surface area contributed by atoms with Crippen LogP contribution in [0.4, 0.5) is 8.78 Å². The molecule has 0 fully saturated rings. The Kier molecular flexibility index (Phi) is 5.19. The minimum atomic E-state index is -0.459. The van der Waals surface area contributed by atoms with Crippen LogP contribution in [0, 0.1) is 11.6 Å². The first-order chi connectivity index (χ1) is 8.31. The Bertz CT molecular complexity index is 391. The number of ether oxygens (including phenoxy) is 1. The quantitative estimate of drug-likeness (QED) is 0.628. The number of hydrogen-bond acceptors (Lipinski definition) is 3. The lowest BCUT2D eigenvalue weighted by atomic mass is 10.1. The van der Waals surface area contributed by atoms with Gasteiger partial charge >= 0.3 is 0 Å². The third kappa shape index (κ3) is 5.08. The average Bonchev–Trinajstić information content (AvgIpc) is 2.27. The van der Waals surface area contributed by atoms with Gasteiger partial charge in [0.25, 0.3) is 0 Å². The zero-order valence-corrected chi connectivity index (χ0v) is 11.0. The van der Waals surface area contributed by atoms with Crippen LogP contribution in [-0.2, 0) is 11.2 Å². The second-order valence-corrected chi connectivity index (χ2v) is 5.23. The van der Waals surface area contributed by atoms with Crippen molar-refractivity contribution in [1.82, 2.24) is 5.43 Å². The molecular formula is C13H20F2N2O. The van der Waals surface area contributed by atoms with Crippen molar-refractivity contribution >= 4 is 0 Å². The SMILES string of the molecule is CC(C)(C)OCC(Cc1cc(F)ccc1F)NN. The summed E-state index contributed by atoms with van der Waals surface area (Å²) in [6.45, 7) is 6.09. The summed E-state index contributed by atoms with van der Waals surface area (Å²) in [5, 5.41) is 0. The van der Waals surface area contributed by atoms with Crippen molar-refractivity contribution in [2.45, 2.75) is 38.8 Å². The first kappa shape index (κ1) is 15.0. The van der Waals surface area contributed by atoms with Gasteiger partial charge in [-0.1, -0.05) is 0 Å². The molecule has 1 aromatic carbocycles. The highest BCUT2D eigenvalue weighted by Crippen LogP contribution is 2.13. The van der Waals surface area contributed by atoms with Crippen LogP contribution in [-0.4, -0.2) is 18.2 Å². The van der Waals surface area contributed by atoms with E-state index >= 15 is 0 Å². The van der Waals surface area contributed by atoms with Crippen LogP contribution in [0.3, 0.4) is 0 Å². The van der Waals surface area contributed by atoms with E-state index < -0.39 is 11.6 Å². The fourth-order valence-corrected chi connectivity index (χ4v) is 1.48. The number of hydrazine groups is 1. The molecule has 1 unspecified atom stereocenters. The highest BCUT2D eigenvalue weighted by molar-refractivity contribution is 5.19. The lowest BCUT2D eigenvalue weighted by Gasteiger charge is -2.24. The Balaban J connectivity index is 2.65. The first-order valence-electron chi connectivity index (χ1n) is 5.86. The van der Waals surface area contributed by atoms with Crippen molar-refractivity contribution in [3.63, 3.8) is 0 Å². The van der Waals surface area contributed by atoms with Crippen molar-refractivity contribution in [3.05, 3.63) is 35.4 Å². The molecular weight excluding hydrogens is 238 g/mol. The van der Waals surface area contributed by atoms with Gasteiger partial charge in [0, 0.05) is 6.04 Å². The molecule has 3 nitrogen and oxygen atoms in total. The van der Waals surface area contributed by atoms with E-state index in [1.165, 1.54) is 6.07 Å². The lowest BCUT2D eigenvalue weighted by Crippen LogP contribution is -2.42. The Morgan fingerprint density at radius 1 is 1.33 bits per heavy atom. The number of halogens is 2. The maximum Gasteiger partial charge on any atom is 0.126 e. The third-order valence-corrected chi connectivity index (χ3v) is 2.43. The van der Waals surface area contributed by atoms with E-state index in [0.29, 0.717) is 6.61 Å². The number of benzene rings is 1. The average molecular weight is 258 g/mol. The highest BCUT2D eigenvalue weighted by atomic mass is 19.1. The maximum atomic E-state index is 13.5. The van der Waals surface area contributed by atoms with Gasteiger partial charge in [-0.2, -0.15) is 0 Å². The molecule has 0 spiro atoms. The largest absolute Gasteiger partial charge is 0.374 e. The van der Waals surface area contributed by atoms with Crippen LogP contribution in [0.5, 0.6) is 0 Å². The second-order valence-electron chi connectivity index (χ2n) is 5.23. The molecule has 0 amide bonds. The van der Waals surface area contributed by atoms with Gasteiger partial charge in [-0.25, -0.2) is 8.78 Å². The van der Waals surface area contributed by atoms with E-state index in [1.807, 2.05) is 20.8 Å². The van der Waals surface area contributed by atoms with E-state index in [-0.39, 0.29) is 23.6 Å². The molecule has 0 radical (unpaired) electrons. The van der Waals surface area contributed by atoms with Gasteiger partial charge in [-0.3, -0.25) is 11.3 Å². The monoisotopic (exact) mass is 258 g/mol. The van der Waals surface area contributed by atoms with Gasteiger partial charge in [-0.05, 0) is 51.0 Å². The summed E-state index contributed by atoms with van der Waals surface area (Å²) in [5.41, 5.74) is 2.55. The molecule has 0 aliphatic carbocycles. The number of hydrogen-bond donors (Lipinski definition) is 2. The molecule has 0 saturated carbocycles. The molecule has 0 aliphatic heterocycles. The van der Waals surface area contributed by atoms with Gasteiger partial charge in [0.05, 0.1) is 12.2 Å². The van der Waals surface area contributed by atoms with Gasteiger partial charge in [-0.15, -0.1) is 0 Å². The summed E-state index contributed by atoms with van der Waals surface area (Å²) in [6.07, 6.45) is 0.274. The first-order valence-corrected chi connectivity index (χ1v) is 5.86. The molecule has 0 heterocycles. The smallest absolute Gasteiger partial charge is 0.126 e. The predicted octanol–water partition coefficient (Wildman–Crippen LogP) is 2.15. The summed E-state index contributed by atoms with van der Waals surface area (Å²) < 4.78 is 32.1. The van der Waals surface area contributed by atoms with Gasteiger partial charge in [0.15, 0.2) is 0 Å². The Hall–Kier alpha value is -1.04. The van der Waals surface area contributed by atoms with E-state index in [0.717, 1.165) is 12.1 Å². The molecule has 0 aromatic heterocycles. The van der Waals surface area contributed by atoms with Crippen LogP contribution in [0.25, 0.3) is 0 Å². The molecule has 1 atom stereocenters. The molecule has 1 aromatic rings. The zero-order chi connectivity index (χ0) is 13.8. The Morgan fingerprint density at radius 3 is 2.56 bits per heavy atom. The lowest BCUT2D eigenvalue weighted by molar-refractivity contribution is -0.0144. The standard InChI is InChI=1S/C13H20F2N2O/c1-13(2,3)18-8-11(17-16)7-9-6-10(14)4-5-12(9)15/h4-6,11,17H,7-8,16H2,1-3H3. The van der Waals surface area contributed by atoms with E-state index in [1.54, 1.807) is 0 Å². The van der Waals surface area contributed by atoms with Crippen LogP contribution < -0.4 is 11.3 Å². The molecule has 1 rings (SSSR count). The van der Waals surface area contributed by atoms with E-state index in [9.17, 15) is 8.78 Å². The number of nitrogens with two attached hydrogens (primary N) is 1. The maximum absolute atomic E-state index is 13.5. The molecule has 18 heavy (non-hydrogen) atoms. The summed E-state index contributed by atoms with van der Waals surface area (Å²) in [7, 11) is 0. The fraction of sp³-hybridized carbons (Fsp3) is 0.538. The van der Waals surface area contributed by atoms with Crippen LogP contribution in [0.1, 0.15) is 26.3 Å². The molecule has 0 bridgehead atoms. The molecule has 0 saturated heterocycles. The van der Waals surface area contributed by atoms with Crippen LogP contribution in [0.2, 0.25) is 0 Å². The number of rotatable bonds is 5. The fourth-order valence-electron chi connectivity index (χ4n) is 1.48. The minimum absolute atomic E-state index is 0.263. The second kappa shape index (κ2) is 6.22. The van der Waals surface area contributed by atoms with Crippen LogP contribution >= 0.6 is 0 Å². The minimum Gasteiger partial charge on any atom is -0.374 e. The van der Waals surface area contributed by atoms with Crippen molar-refractivity contribution < 1.29 is 13.5 Å². The predicted molar refractivity (Wildman–Crippen MR) is 66.9 cm³/mol. The van der Waals surface area contributed by atoms with Crippen molar-refractivity contribution in [2.75, 3.05) is 6.61 Å².